The second-order valence-electron chi connectivity index (χ2n) is 5.90. The van der Waals surface area contributed by atoms with Crippen molar-refractivity contribution in [1.82, 2.24) is 25.6 Å². The van der Waals surface area contributed by atoms with Gasteiger partial charge in [0.2, 0.25) is 11.8 Å². The summed E-state index contributed by atoms with van der Waals surface area (Å²) in [6.45, 7) is 2.74. The van der Waals surface area contributed by atoms with E-state index >= 15 is 0 Å². The Morgan fingerprint density at radius 2 is 2.08 bits per heavy atom. The number of carbonyl (C=O) groups excluding carboxylic acids is 2. The van der Waals surface area contributed by atoms with Crippen LogP contribution in [0, 0.1) is 6.92 Å². The fraction of sp³-hybridized carbons (Fsp3) is 0.353. The van der Waals surface area contributed by atoms with Crippen molar-refractivity contribution in [3.05, 3.63) is 36.3 Å². The molecule has 0 saturated carbocycles. The number of nitrogens with zero attached hydrogens (tertiary/aromatic N) is 3. The van der Waals surface area contributed by atoms with E-state index in [4.69, 9.17) is 0 Å². The van der Waals surface area contributed by atoms with Crippen molar-refractivity contribution < 1.29 is 9.59 Å². The minimum atomic E-state index is -0.419. The summed E-state index contributed by atoms with van der Waals surface area (Å²) >= 11 is 0. The van der Waals surface area contributed by atoms with E-state index in [1.807, 2.05) is 18.2 Å². The van der Waals surface area contributed by atoms with Gasteiger partial charge in [-0.15, -0.1) is 0 Å². The molecule has 2 amide bonds. The lowest BCUT2D eigenvalue weighted by atomic mass is 10.2. The van der Waals surface area contributed by atoms with Crippen molar-refractivity contribution in [3.8, 4) is 0 Å². The maximum Gasteiger partial charge on any atom is 0.242 e. The highest BCUT2D eigenvalue weighted by atomic mass is 16.2. The van der Waals surface area contributed by atoms with Gasteiger partial charge < -0.3 is 21.3 Å². The van der Waals surface area contributed by atoms with Crippen LogP contribution in [0.5, 0.6) is 0 Å². The Labute approximate surface area is 151 Å². The first-order valence-electron chi connectivity index (χ1n) is 8.45. The zero-order chi connectivity index (χ0) is 18.4. The Morgan fingerprint density at radius 1 is 1.23 bits per heavy atom. The third-order valence-corrected chi connectivity index (χ3v) is 3.80. The second-order valence-corrected chi connectivity index (χ2v) is 5.90. The first kappa shape index (κ1) is 17.6. The van der Waals surface area contributed by atoms with Crippen LogP contribution in [0.4, 0.5) is 17.5 Å². The minimum Gasteiger partial charge on any atom is -0.368 e. The van der Waals surface area contributed by atoms with Gasteiger partial charge in [0, 0.05) is 31.8 Å². The van der Waals surface area contributed by atoms with Crippen molar-refractivity contribution in [2.45, 2.75) is 25.8 Å². The number of rotatable bonds is 7. The molecule has 0 radical (unpaired) electrons. The number of hydrogen-bond acceptors (Lipinski definition) is 7. The molecule has 0 spiro atoms. The van der Waals surface area contributed by atoms with Crippen LogP contribution < -0.4 is 21.3 Å². The van der Waals surface area contributed by atoms with E-state index in [0.29, 0.717) is 49.2 Å². The molecule has 1 aliphatic rings. The molecule has 9 nitrogen and oxygen atoms in total. The summed E-state index contributed by atoms with van der Waals surface area (Å²) in [5.41, 5.74) is 0. The summed E-state index contributed by atoms with van der Waals surface area (Å²) < 4.78 is 0. The molecule has 1 fully saturated rings. The van der Waals surface area contributed by atoms with Crippen LogP contribution in [0.15, 0.2) is 30.5 Å². The molecule has 2 aromatic heterocycles. The van der Waals surface area contributed by atoms with Gasteiger partial charge >= 0.3 is 0 Å². The summed E-state index contributed by atoms with van der Waals surface area (Å²) in [7, 11) is 0. The largest absolute Gasteiger partial charge is 0.368 e. The van der Waals surface area contributed by atoms with E-state index in [1.54, 1.807) is 19.2 Å². The highest BCUT2D eigenvalue weighted by Crippen LogP contribution is 2.15. The molecule has 1 aliphatic heterocycles. The molecular weight excluding hydrogens is 334 g/mol. The van der Waals surface area contributed by atoms with E-state index in [1.165, 1.54) is 0 Å². The SMILES string of the molecule is Cc1nc(NCCNC(=O)C2CCC(=O)N2)cc(Nc2ccccn2)n1. The predicted molar refractivity (Wildman–Crippen MR) is 97.0 cm³/mol. The van der Waals surface area contributed by atoms with Gasteiger partial charge in [-0.25, -0.2) is 15.0 Å². The first-order valence-corrected chi connectivity index (χ1v) is 8.45. The minimum absolute atomic E-state index is 0.0762. The van der Waals surface area contributed by atoms with Crippen molar-refractivity contribution in [2.75, 3.05) is 23.7 Å². The summed E-state index contributed by atoms with van der Waals surface area (Å²) in [5.74, 6) is 2.37. The first-order chi connectivity index (χ1) is 12.6. The van der Waals surface area contributed by atoms with Gasteiger partial charge in [0.15, 0.2) is 0 Å². The van der Waals surface area contributed by atoms with Crippen LogP contribution in [0.2, 0.25) is 0 Å². The number of aryl methyl sites for hydroxylation is 1. The maximum atomic E-state index is 11.9. The Bertz CT molecular complexity index is 782. The molecule has 4 N–H and O–H groups in total. The summed E-state index contributed by atoms with van der Waals surface area (Å²) in [4.78, 5) is 35.9. The molecular formula is C17H21N7O2. The Hall–Kier alpha value is -3.23. The van der Waals surface area contributed by atoms with Crippen molar-refractivity contribution in [2.24, 2.45) is 0 Å². The summed E-state index contributed by atoms with van der Waals surface area (Å²) in [6, 6.07) is 6.94. The maximum absolute atomic E-state index is 11.9. The summed E-state index contributed by atoms with van der Waals surface area (Å²) in [6.07, 6.45) is 2.65. The predicted octanol–water partition coefficient (Wildman–Crippen LogP) is 0.730. The van der Waals surface area contributed by atoms with Crippen molar-refractivity contribution in [3.63, 3.8) is 0 Å². The topological polar surface area (TPSA) is 121 Å². The van der Waals surface area contributed by atoms with Crippen LogP contribution >= 0.6 is 0 Å². The normalized spacial score (nSPS) is 16.0. The van der Waals surface area contributed by atoms with Gasteiger partial charge in [-0.3, -0.25) is 9.59 Å². The molecule has 1 atom stereocenters. The van der Waals surface area contributed by atoms with Gasteiger partial charge in [0.1, 0.15) is 29.3 Å². The molecule has 0 aromatic carbocycles. The van der Waals surface area contributed by atoms with E-state index < -0.39 is 6.04 Å². The number of carbonyl (C=O) groups is 2. The lowest BCUT2D eigenvalue weighted by molar-refractivity contribution is -0.125. The number of nitrogens with one attached hydrogen (secondary N) is 4. The third-order valence-electron chi connectivity index (χ3n) is 3.80. The molecule has 0 aliphatic carbocycles. The van der Waals surface area contributed by atoms with Crippen LogP contribution in [0.25, 0.3) is 0 Å². The van der Waals surface area contributed by atoms with E-state index in [9.17, 15) is 9.59 Å². The van der Waals surface area contributed by atoms with Gasteiger partial charge in [-0.05, 0) is 25.5 Å². The quantitative estimate of drug-likeness (QED) is 0.540. The molecule has 136 valence electrons. The Morgan fingerprint density at radius 3 is 2.81 bits per heavy atom. The smallest absolute Gasteiger partial charge is 0.242 e. The number of hydrogen-bond donors (Lipinski definition) is 4. The zero-order valence-electron chi connectivity index (χ0n) is 14.5. The molecule has 9 heteroatoms. The van der Waals surface area contributed by atoms with Crippen molar-refractivity contribution >= 4 is 29.3 Å². The lowest BCUT2D eigenvalue weighted by Gasteiger charge is -2.12. The molecule has 3 heterocycles. The molecule has 26 heavy (non-hydrogen) atoms. The molecule has 0 bridgehead atoms. The highest BCUT2D eigenvalue weighted by Gasteiger charge is 2.26. The van der Waals surface area contributed by atoms with Crippen LogP contribution in [0.1, 0.15) is 18.7 Å². The Balaban J connectivity index is 1.48. The Kier molecular flexibility index (Phi) is 5.57. The molecule has 3 rings (SSSR count). The number of aromatic nitrogens is 3. The van der Waals surface area contributed by atoms with Gasteiger partial charge in [-0.2, -0.15) is 0 Å². The number of anilines is 3. The second kappa shape index (κ2) is 8.24. The highest BCUT2D eigenvalue weighted by molar-refractivity contribution is 5.90. The monoisotopic (exact) mass is 355 g/mol. The van der Waals surface area contributed by atoms with Gasteiger partial charge in [0.25, 0.3) is 0 Å². The van der Waals surface area contributed by atoms with Gasteiger partial charge in [0.05, 0.1) is 0 Å². The van der Waals surface area contributed by atoms with Crippen LogP contribution in [0.3, 0.4) is 0 Å². The van der Waals surface area contributed by atoms with Crippen molar-refractivity contribution in [1.29, 1.82) is 0 Å². The average molecular weight is 355 g/mol. The lowest BCUT2D eigenvalue weighted by Crippen LogP contribution is -2.43. The van der Waals surface area contributed by atoms with E-state index in [0.717, 1.165) is 0 Å². The number of pyridine rings is 1. The van der Waals surface area contributed by atoms with E-state index in [-0.39, 0.29) is 11.8 Å². The third kappa shape index (κ3) is 4.88. The average Bonchev–Trinajstić information content (AvgIpc) is 3.05. The van der Waals surface area contributed by atoms with Gasteiger partial charge in [-0.1, -0.05) is 6.07 Å². The fourth-order valence-corrected chi connectivity index (χ4v) is 2.60. The zero-order valence-corrected chi connectivity index (χ0v) is 14.5. The van der Waals surface area contributed by atoms with E-state index in [2.05, 4.69) is 36.2 Å². The standard InChI is InChI=1S/C17H21N7O2/c1-11-21-14(10-15(22-11)24-13-4-2-3-7-18-13)19-8-9-20-17(26)12-5-6-16(25)23-12/h2-4,7,10,12H,5-6,8-9H2,1H3,(H,20,26)(H,23,25)(H2,18,19,21,22,24). The molecule has 2 aromatic rings. The fourth-order valence-electron chi connectivity index (χ4n) is 2.60. The van der Waals surface area contributed by atoms with Crippen LogP contribution in [-0.2, 0) is 9.59 Å². The molecule has 1 saturated heterocycles. The molecule has 1 unspecified atom stereocenters. The summed E-state index contributed by atoms with van der Waals surface area (Å²) in [5, 5.41) is 11.7. The number of amides is 2. The van der Waals surface area contributed by atoms with Crippen LogP contribution in [-0.4, -0.2) is 45.9 Å².